The monoisotopic (exact) mass is 458 g/mol. The van der Waals surface area contributed by atoms with E-state index in [-0.39, 0.29) is 23.4 Å². The number of hydrogen-bond donors (Lipinski definition) is 1. The van der Waals surface area contributed by atoms with Crippen molar-refractivity contribution in [2.45, 2.75) is 25.4 Å². The summed E-state index contributed by atoms with van der Waals surface area (Å²) in [5.41, 5.74) is 1.85. The van der Waals surface area contributed by atoms with Crippen LogP contribution >= 0.6 is 11.3 Å². The van der Waals surface area contributed by atoms with Crippen molar-refractivity contribution in [1.82, 2.24) is 19.8 Å². The van der Waals surface area contributed by atoms with Crippen molar-refractivity contribution < 1.29 is 8.42 Å². The molecule has 2 aromatic heterocycles. The van der Waals surface area contributed by atoms with Gasteiger partial charge in [0.05, 0.1) is 22.9 Å². The minimum atomic E-state index is -2.87. The van der Waals surface area contributed by atoms with Crippen LogP contribution in [0, 0.1) is 0 Å². The number of piperazine rings is 1. The van der Waals surface area contributed by atoms with Crippen LogP contribution in [0.5, 0.6) is 0 Å². The first-order valence-corrected chi connectivity index (χ1v) is 13.4. The van der Waals surface area contributed by atoms with Gasteiger partial charge < -0.3 is 4.98 Å². The van der Waals surface area contributed by atoms with Crippen LogP contribution in [0.1, 0.15) is 25.2 Å². The summed E-state index contributed by atoms with van der Waals surface area (Å²) < 4.78 is 23.6. The Balaban J connectivity index is 1.33. The van der Waals surface area contributed by atoms with Gasteiger partial charge >= 0.3 is 0 Å². The SMILES string of the molecule is C[C@H](c1nc2scc(-c3ccccc3)c2c(=O)[nH]1)N1CCN([C@H]2CCS(=O)(=O)C2)CC1. The van der Waals surface area contributed by atoms with Gasteiger partial charge in [0, 0.05) is 43.2 Å². The van der Waals surface area contributed by atoms with E-state index < -0.39 is 9.84 Å². The summed E-state index contributed by atoms with van der Waals surface area (Å²) in [5, 5.41) is 2.66. The number of aromatic amines is 1. The topological polar surface area (TPSA) is 86.4 Å². The second-order valence-electron chi connectivity index (χ2n) is 8.45. The van der Waals surface area contributed by atoms with Gasteiger partial charge in [-0.3, -0.25) is 14.6 Å². The van der Waals surface area contributed by atoms with Crippen LogP contribution < -0.4 is 5.56 Å². The number of nitrogens with zero attached hydrogens (tertiary/aromatic N) is 3. The lowest BCUT2D eigenvalue weighted by Gasteiger charge is -2.39. The molecular weight excluding hydrogens is 432 g/mol. The van der Waals surface area contributed by atoms with Crippen molar-refractivity contribution in [2.75, 3.05) is 37.7 Å². The van der Waals surface area contributed by atoms with Gasteiger partial charge in [-0.05, 0) is 18.9 Å². The molecule has 1 aromatic carbocycles. The molecule has 0 radical (unpaired) electrons. The minimum Gasteiger partial charge on any atom is -0.309 e. The molecule has 164 valence electrons. The molecule has 2 aliphatic heterocycles. The van der Waals surface area contributed by atoms with Crippen molar-refractivity contribution in [3.63, 3.8) is 0 Å². The van der Waals surface area contributed by atoms with E-state index in [0.717, 1.165) is 48.6 Å². The average Bonchev–Trinajstić information content (AvgIpc) is 3.37. The van der Waals surface area contributed by atoms with Crippen molar-refractivity contribution in [3.05, 3.63) is 51.9 Å². The lowest BCUT2D eigenvalue weighted by atomic mass is 10.1. The second kappa shape index (κ2) is 8.12. The summed E-state index contributed by atoms with van der Waals surface area (Å²) >= 11 is 1.50. The Labute approximate surface area is 185 Å². The van der Waals surface area contributed by atoms with E-state index in [4.69, 9.17) is 4.98 Å². The fraction of sp³-hybridized carbons (Fsp3) is 0.455. The van der Waals surface area contributed by atoms with Crippen molar-refractivity contribution in [2.24, 2.45) is 0 Å². The average molecular weight is 459 g/mol. The summed E-state index contributed by atoms with van der Waals surface area (Å²) in [5.74, 6) is 1.29. The molecule has 0 amide bonds. The molecule has 0 spiro atoms. The summed E-state index contributed by atoms with van der Waals surface area (Å²) in [4.78, 5) is 26.2. The van der Waals surface area contributed by atoms with Crippen molar-refractivity contribution in [3.8, 4) is 11.1 Å². The Hall–Kier alpha value is -2.07. The third kappa shape index (κ3) is 4.07. The quantitative estimate of drug-likeness (QED) is 0.647. The summed E-state index contributed by atoms with van der Waals surface area (Å²) in [7, 11) is -2.87. The molecule has 31 heavy (non-hydrogen) atoms. The Morgan fingerprint density at radius 3 is 2.58 bits per heavy atom. The molecule has 2 atom stereocenters. The van der Waals surface area contributed by atoms with Crippen molar-refractivity contribution >= 4 is 31.4 Å². The Morgan fingerprint density at radius 1 is 1.16 bits per heavy atom. The summed E-state index contributed by atoms with van der Waals surface area (Å²) in [6, 6.07) is 10.1. The normalized spacial score (nSPS) is 23.3. The number of H-pyrrole nitrogens is 1. The molecule has 3 aromatic rings. The van der Waals surface area contributed by atoms with Gasteiger partial charge in [-0.25, -0.2) is 13.4 Å². The number of sulfone groups is 1. The van der Waals surface area contributed by atoms with Gasteiger partial charge in [0.1, 0.15) is 10.7 Å². The molecule has 1 N–H and O–H groups in total. The highest BCUT2D eigenvalue weighted by Crippen LogP contribution is 2.31. The van der Waals surface area contributed by atoms with Gasteiger partial charge in [0.2, 0.25) is 0 Å². The molecular formula is C22H26N4O3S2. The van der Waals surface area contributed by atoms with E-state index in [1.807, 2.05) is 35.7 Å². The van der Waals surface area contributed by atoms with Gasteiger partial charge in [0.25, 0.3) is 5.56 Å². The number of nitrogens with one attached hydrogen (secondary N) is 1. The van der Waals surface area contributed by atoms with Crippen LogP contribution in [-0.2, 0) is 9.84 Å². The number of aromatic nitrogens is 2. The van der Waals surface area contributed by atoms with Crippen molar-refractivity contribution in [1.29, 1.82) is 0 Å². The zero-order valence-electron chi connectivity index (χ0n) is 17.5. The zero-order valence-corrected chi connectivity index (χ0v) is 19.1. The van der Waals surface area contributed by atoms with Crippen LogP contribution in [0.4, 0.5) is 0 Å². The fourth-order valence-electron chi connectivity index (χ4n) is 4.72. The number of benzene rings is 1. The van der Waals surface area contributed by atoms with Gasteiger partial charge in [-0.1, -0.05) is 30.3 Å². The highest BCUT2D eigenvalue weighted by molar-refractivity contribution is 7.91. The molecule has 4 heterocycles. The number of fused-ring (bicyclic) bond motifs is 1. The molecule has 5 rings (SSSR count). The predicted octanol–water partition coefficient (Wildman–Crippen LogP) is 2.52. The molecule has 7 nitrogen and oxygen atoms in total. The third-order valence-corrected chi connectivity index (χ3v) is 9.19. The molecule has 0 aliphatic carbocycles. The summed E-state index contributed by atoms with van der Waals surface area (Å²) in [6.45, 7) is 5.42. The van der Waals surface area contributed by atoms with E-state index in [1.54, 1.807) is 0 Å². The van der Waals surface area contributed by atoms with Crippen LogP contribution in [0.2, 0.25) is 0 Å². The number of hydrogen-bond acceptors (Lipinski definition) is 7. The largest absolute Gasteiger partial charge is 0.309 e. The highest BCUT2D eigenvalue weighted by atomic mass is 32.2. The second-order valence-corrected chi connectivity index (χ2v) is 11.5. The van der Waals surface area contributed by atoms with Crippen LogP contribution in [0.3, 0.4) is 0 Å². The number of thiophene rings is 1. The van der Waals surface area contributed by atoms with E-state index >= 15 is 0 Å². The standard InChI is InChI=1S/C22H26N4O3S2/c1-15(25-8-10-26(11-9-25)17-7-12-31(28,29)14-17)20-23-21(27)19-18(13-30-22(19)24-20)16-5-3-2-4-6-16/h2-6,13,15,17H,7-12,14H2,1H3,(H,23,24,27)/t15-,17+/m1/s1. The molecule has 2 saturated heterocycles. The van der Waals surface area contributed by atoms with Gasteiger partial charge in [0.15, 0.2) is 9.84 Å². The zero-order chi connectivity index (χ0) is 21.6. The van der Waals surface area contributed by atoms with Crippen LogP contribution in [0.25, 0.3) is 21.3 Å². The fourth-order valence-corrected chi connectivity index (χ4v) is 7.44. The van der Waals surface area contributed by atoms with Gasteiger partial charge in [-0.2, -0.15) is 0 Å². The van der Waals surface area contributed by atoms with E-state index in [0.29, 0.717) is 17.0 Å². The Kier molecular flexibility index (Phi) is 5.45. The Bertz CT molecular complexity index is 1240. The van der Waals surface area contributed by atoms with Crippen LogP contribution in [-0.4, -0.2) is 71.9 Å². The molecule has 9 heteroatoms. The van der Waals surface area contributed by atoms with Crippen LogP contribution in [0.15, 0.2) is 40.5 Å². The molecule has 0 bridgehead atoms. The lowest BCUT2D eigenvalue weighted by Crippen LogP contribution is -2.51. The maximum absolute atomic E-state index is 13.0. The first-order chi connectivity index (χ1) is 14.9. The molecule has 2 aliphatic rings. The maximum Gasteiger partial charge on any atom is 0.260 e. The molecule has 2 fully saturated rings. The first kappa shape index (κ1) is 20.8. The van der Waals surface area contributed by atoms with Gasteiger partial charge in [-0.15, -0.1) is 11.3 Å². The highest BCUT2D eigenvalue weighted by Gasteiger charge is 2.34. The number of rotatable bonds is 4. The lowest BCUT2D eigenvalue weighted by molar-refractivity contribution is 0.0778. The maximum atomic E-state index is 13.0. The predicted molar refractivity (Wildman–Crippen MR) is 124 cm³/mol. The first-order valence-electron chi connectivity index (χ1n) is 10.7. The summed E-state index contributed by atoms with van der Waals surface area (Å²) in [6.07, 6.45) is 0.742. The smallest absolute Gasteiger partial charge is 0.260 e. The Morgan fingerprint density at radius 2 is 1.90 bits per heavy atom. The minimum absolute atomic E-state index is 0.00571. The third-order valence-electron chi connectivity index (χ3n) is 6.56. The molecule has 0 unspecified atom stereocenters. The van der Waals surface area contributed by atoms with E-state index in [2.05, 4.69) is 21.7 Å². The van der Waals surface area contributed by atoms with E-state index in [1.165, 1.54) is 11.3 Å². The van der Waals surface area contributed by atoms with E-state index in [9.17, 15) is 13.2 Å². The molecule has 0 saturated carbocycles.